The molecule has 18 heavy (non-hydrogen) atoms. The normalized spacial score (nSPS) is 20.9. The number of benzene rings is 1. The van der Waals surface area contributed by atoms with E-state index in [1.54, 1.807) is 23.9 Å². The molecule has 2 atom stereocenters. The summed E-state index contributed by atoms with van der Waals surface area (Å²) in [6.45, 7) is 6.40. The molecule has 2 nitrogen and oxygen atoms in total. The summed E-state index contributed by atoms with van der Waals surface area (Å²) in [7, 11) is 0. The standard InChI is InChI=1S/C14H19FN2S/c1-9(2)13-8-18-14(17-13)16-10(3)11-5-4-6-12(15)7-11/h4-7,9-10,13H,8H2,1-3H3,(H,16,17)/t10?,13-/m1/s1. The number of nitrogens with one attached hydrogen (secondary N) is 1. The first kappa shape index (κ1) is 13.4. The third kappa shape index (κ3) is 3.25. The van der Waals surface area contributed by atoms with E-state index < -0.39 is 0 Å². The maximum absolute atomic E-state index is 13.1. The molecule has 1 aliphatic heterocycles. The Kier molecular flexibility index (Phi) is 4.27. The van der Waals surface area contributed by atoms with E-state index in [4.69, 9.17) is 0 Å². The quantitative estimate of drug-likeness (QED) is 0.904. The van der Waals surface area contributed by atoms with Crippen molar-refractivity contribution in [3.63, 3.8) is 0 Å². The zero-order valence-electron chi connectivity index (χ0n) is 11.0. The van der Waals surface area contributed by atoms with Crippen LogP contribution in [0, 0.1) is 11.7 Å². The first-order valence-corrected chi connectivity index (χ1v) is 7.27. The number of halogens is 1. The summed E-state index contributed by atoms with van der Waals surface area (Å²) in [6, 6.07) is 7.18. The monoisotopic (exact) mass is 266 g/mol. The summed E-state index contributed by atoms with van der Waals surface area (Å²) in [6.07, 6.45) is 0. The Balaban J connectivity index is 2.00. The lowest BCUT2D eigenvalue weighted by molar-refractivity contribution is 0.541. The molecule has 0 saturated carbocycles. The molecular formula is C14H19FN2S. The average molecular weight is 266 g/mol. The number of nitrogens with zero attached hydrogens (tertiary/aromatic N) is 1. The van der Waals surface area contributed by atoms with Gasteiger partial charge in [0.25, 0.3) is 0 Å². The molecule has 1 aliphatic rings. The lowest BCUT2D eigenvalue weighted by Gasteiger charge is -2.14. The summed E-state index contributed by atoms with van der Waals surface area (Å²) in [5.74, 6) is 1.42. The minimum absolute atomic E-state index is 0.0814. The Morgan fingerprint density at radius 1 is 1.39 bits per heavy atom. The second kappa shape index (κ2) is 5.74. The Labute approximate surface area is 112 Å². The van der Waals surface area contributed by atoms with E-state index in [1.165, 1.54) is 6.07 Å². The van der Waals surface area contributed by atoms with Gasteiger partial charge in [-0.15, -0.1) is 0 Å². The molecule has 0 bridgehead atoms. The predicted octanol–water partition coefficient (Wildman–Crippen LogP) is 3.60. The Hall–Kier alpha value is -1.03. The highest BCUT2D eigenvalue weighted by atomic mass is 32.2. The maximum Gasteiger partial charge on any atom is 0.157 e. The van der Waals surface area contributed by atoms with Gasteiger partial charge in [-0.2, -0.15) is 0 Å². The van der Waals surface area contributed by atoms with Gasteiger partial charge in [-0.05, 0) is 30.5 Å². The van der Waals surface area contributed by atoms with Crippen LogP contribution < -0.4 is 5.32 Å². The topological polar surface area (TPSA) is 24.4 Å². The van der Waals surface area contributed by atoms with Crippen LogP contribution in [0.4, 0.5) is 4.39 Å². The fourth-order valence-corrected chi connectivity index (χ4v) is 3.11. The van der Waals surface area contributed by atoms with Gasteiger partial charge in [0.15, 0.2) is 5.17 Å². The predicted molar refractivity (Wildman–Crippen MR) is 76.5 cm³/mol. The first-order chi connectivity index (χ1) is 8.56. The zero-order valence-corrected chi connectivity index (χ0v) is 11.8. The van der Waals surface area contributed by atoms with Crippen molar-refractivity contribution in [1.82, 2.24) is 5.32 Å². The van der Waals surface area contributed by atoms with Crippen molar-refractivity contribution in [1.29, 1.82) is 0 Å². The van der Waals surface area contributed by atoms with Crippen molar-refractivity contribution in [3.05, 3.63) is 35.6 Å². The van der Waals surface area contributed by atoms with Gasteiger partial charge in [-0.1, -0.05) is 37.7 Å². The van der Waals surface area contributed by atoms with Gasteiger partial charge in [0.1, 0.15) is 5.82 Å². The third-order valence-corrected chi connectivity index (χ3v) is 4.14. The van der Waals surface area contributed by atoms with Crippen molar-refractivity contribution >= 4 is 16.9 Å². The molecular weight excluding hydrogens is 247 g/mol. The molecule has 0 saturated heterocycles. The summed E-state index contributed by atoms with van der Waals surface area (Å²) < 4.78 is 13.1. The Morgan fingerprint density at radius 2 is 2.17 bits per heavy atom. The molecule has 4 heteroatoms. The lowest BCUT2D eigenvalue weighted by atomic mass is 10.1. The molecule has 1 aromatic rings. The number of hydrogen-bond acceptors (Lipinski definition) is 3. The molecule has 1 aromatic carbocycles. The number of thioether (sulfide) groups is 1. The van der Waals surface area contributed by atoms with Crippen LogP contribution in [0.15, 0.2) is 29.3 Å². The Morgan fingerprint density at radius 3 is 2.78 bits per heavy atom. The van der Waals surface area contributed by atoms with E-state index in [2.05, 4.69) is 24.2 Å². The van der Waals surface area contributed by atoms with Crippen LogP contribution in [0.3, 0.4) is 0 Å². The zero-order chi connectivity index (χ0) is 13.1. The number of aliphatic imine (C=N–C) groups is 1. The van der Waals surface area contributed by atoms with E-state index >= 15 is 0 Å². The summed E-state index contributed by atoms with van der Waals surface area (Å²) in [4.78, 5) is 4.65. The third-order valence-electron chi connectivity index (χ3n) is 3.13. The highest BCUT2D eigenvalue weighted by Gasteiger charge is 2.22. The minimum atomic E-state index is -0.192. The van der Waals surface area contributed by atoms with Gasteiger partial charge in [0.2, 0.25) is 0 Å². The van der Waals surface area contributed by atoms with Gasteiger partial charge in [0, 0.05) is 5.75 Å². The van der Waals surface area contributed by atoms with E-state index in [9.17, 15) is 4.39 Å². The first-order valence-electron chi connectivity index (χ1n) is 6.29. The van der Waals surface area contributed by atoms with E-state index in [-0.39, 0.29) is 11.9 Å². The number of hydrogen-bond donors (Lipinski definition) is 1. The van der Waals surface area contributed by atoms with Crippen LogP contribution >= 0.6 is 11.8 Å². The molecule has 0 fully saturated rings. The van der Waals surface area contributed by atoms with E-state index in [1.807, 2.05) is 13.0 Å². The molecule has 1 N–H and O–H groups in total. The van der Waals surface area contributed by atoms with E-state index in [0.717, 1.165) is 16.5 Å². The average Bonchev–Trinajstić information content (AvgIpc) is 2.77. The van der Waals surface area contributed by atoms with Crippen molar-refractivity contribution in [2.24, 2.45) is 10.9 Å². The summed E-state index contributed by atoms with van der Waals surface area (Å²) in [5, 5.41) is 4.33. The maximum atomic E-state index is 13.1. The largest absolute Gasteiger partial charge is 0.358 e. The second-order valence-electron chi connectivity index (χ2n) is 4.98. The molecule has 2 rings (SSSR count). The van der Waals surface area contributed by atoms with Crippen molar-refractivity contribution in [3.8, 4) is 0 Å². The van der Waals surface area contributed by atoms with Gasteiger partial charge < -0.3 is 5.32 Å². The smallest absolute Gasteiger partial charge is 0.157 e. The minimum Gasteiger partial charge on any atom is -0.358 e. The van der Waals surface area contributed by atoms with Crippen LogP contribution in [0.25, 0.3) is 0 Å². The molecule has 0 aliphatic carbocycles. The van der Waals surface area contributed by atoms with E-state index in [0.29, 0.717) is 12.0 Å². The van der Waals surface area contributed by atoms with Gasteiger partial charge in [-0.25, -0.2) is 4.39 Å². The Bertz CT molecular complexity index is 445. The second-order valence-corrected chi connectivity index (χ2v) is 5.99. The van der Waals surface area contributed by atoms with Gasteiger partial charge in [-0.3, -0.25) is 4.99 Å². The van der Waals surface area contributed by atoms with Crippen molar-refractivity contribution in [2.45, 2.75) is 32.9 Å². The van der Waals surface area contributed by atoms with Crippen LogP contribution in [0.1, 0.15) is 32.4 Å². The number of amidine groups is 1. The fourth-order valence-electron chi connectivity index (χ4n) is 1.85. The van der Waals surface area contributed by atoms with Crippen LogP contribution in [-0.2, 0) is 0 Å². The number of rotatable bonds is 3. The van der Waals surface area contributed by atoms with Crippen molar-refractivity contribution < 1.29 is 4.39 Å². The van der Waals surface area contributed by atoms with Crippen LogP contribution in [-0.4, -0.2) is 17.0 Å². The lowest BCUT2D eigenvalue weighted by Crippen LogP contribution is -2.23. The highest BCUT2D eigenvalue weighted by molar-refractivity contribution is 8.14. The fraction of sp³-hybridized carbons (Fsp3) is 0.500. The van der Waals surface area contributed by atoms with Crippen LogP contribution in [0.5, 0.6) is 0 Å². The molecule has 0 aromatic heterocycles. The van der Waals surface area contributed by atoms with Gasteiger partial charge >= 0.3 is 0 Å². The molecule has 0 radical (unpaired) electrons. The summed E-state index contributed by atoms with van der Waals surface area (Å²) >= 11 is 1.75. The van der Waals surface area contributed by atoms with Gasteiger partial charge in [0.05, 0.1) is 12.1 Å². The molecule has 98 valence electrons. The SMILES string of the molecule is CC(NC1=N[C@@H](C(C)C)CS1)c1cccc(F)c1. The highest BCUT2D eigenvalue weighted by Crippen LogP contribution is 2.24. The summed E-state index contributed by atoms with van der Waals surface area (Å²) in [5.41, 5.74) is 0.950. The molecule has 1 unspecified atom stereocenters. The molecule has 0 spiro atoms. The van der Waals surface area contributed by atoms with Crippen LogP contribution in [0.2, 0.25) is 0 Å². The molecule has 1 heterocycles. The molecule has 0 amide bonds. The van der Waals surface area contributed by atoms with Crippen molar-refractivity contribution in [2.75, 3.05) is 5.75 Å².